The lowest BCUT2D eigenvalue weighted by atomic mass is 10.2. The number of anilines is 1. The Bertz CT molecular complexity index is 1130. The third-order valence-electron chi connectivity index (χ3n) is 4.04. The van der Waals surface area contributed by atoms with E-state index in [0.29, 0.717) is 16.5 Å². The Balaban J connectivity index is 1.76. The van der Waals surface area contributed by atoms with Crippen molar-refractivity contribution in [2.75, 3.05) is 5.32 Å². The molecular weight excluding hydrogens is 379 g/mol. The van der Waals surface area contributed by atoms with Gasteiger partial charge in [-0.15, -0.1) is 5.10 Å². The van der Waals surface area contributed by atoms with Gasteiger partial charge in [0.25, 0.3) is 5.91 Å². The summed E-state index contributed by atoms with van der Waals surface area (Å²) < 4.78 is 15.4. The minimum Gasteiger partial charge on any atom is -0.317 e. The second kappa shape index (κ2) is 7.62. The van der Waals surface area contributed by atoms with Crippen molar-refractivity contribution in [3.63, 3.8) is 0 Å². The van der Waals surface area contributed by atoms with Gasteiger partial charge in [-0.25, -0.2) is 14.1 Å². The fraction of sp³-hybridized carbons (Fsp3) is 0. The van der Waals surface area contributed by atoms with Crippen molar-refractivity contribution in [2.45, 2.75) is 0 Å². The number of nitrogens with zero attached hydrogens (tertiary/aromatic N) is 3. The highest BCUT2D eigenvalue weighted by atomic mass is 35.5. The van der Waals surface area contributed by atoms with Crippen LogP contribution in [0.1, 0.15) is 10.6 Å². The van der Waals surface area contributed by atoms with Crippen LogP contribution in [0, 0.1) is 5.82 Å². The summed E-state index contributed by atoms with van der Waals surface area (Å²) in [6.45, 7) is 0. The SMILES string of the molecule is O=C(Nc1ccccc1F)c1nc(-c2ccccc2)n(-c2ccc(Cl)cc2)n1. The molecule has 0 spiro atoms. The van der Waals surface area contributed by atoms with Crippen LogP contribution in [-0.4, -0.2) is 20.7 Å². The van der Waals surface area contributed by atoms with Gasteiger partial charge in [-0.05, 0) is 36.4 Å². The first-order chi connectivity index (χ1) is 13.6. The predicted octanol–water partition coefficient (Wildman–Crippen LogP) is 4.98. The van der Waals surface area contributed by atoms with Crippen molar-refractivity contribution in [3.05, 3.63) is 95.5 Å². The summed E-state index contributed by atoms with van der Waals surface area (Å²) in [6.07, 6.45) is 0. The standard InChI is InChI=1S/C21H14ClFN4O/c22-15-10-12-16(13-11-15)27-20(14-6-2-1-3-7-14)25-19(26-27)21(28)24-18-9-5-4-8-17(18)23/h1-13H,(H,24,28). The third kappa shape index (κ3) is 3.63. The van der Waals surface area contributed by atoms with E-state index in [1.54, 1.807) is 41.1 Å². The van der Waals surface area contributed by atoms with E-state index < -0.39 is 11.7 Å². The molecule has 0 atom stereocenters. The Morgan fingerprint density at radius 3 is 2.32 bits per heavy atom. The van der Waals surface area contributed by atoms with Crippen LogP contribution in [0.4, 0.5) is 10.1 Å². The molecule has 0 saturated carbocycles. The van der Waals surface area contributed by atoms with Crippen molar-refractivity contribution < 1.29 is 9.18 Å². The van der Waals surface area contributed by atoms with Crippen LogP contribution in [-0.2, 0) is 0 Å². The molecule has 3 aromatic carbocycles. The average molecular weight is 393 g/mol. The zero-order valence-corrected chi connectivity index (χ0v) is 15.3. The second-order valence-corrected chi connectivity index (χ2v) is 6.38. The van der Waals surface area contributed by atoms with Crippen LogP contribution >= 0.6 is 11.6 Å². The van der Waals surface area contributed by atoms with E-state index in [-0.39, 0.29) is 11.5 Å². The number of carbonyl (C=O) groups excluding carboxylic acids is 1. The summed E-state index contributed by atoms with van der Waals surface area (Å²) in [4.78, 5) is 17.0. The van der Waals surface area contributed by atoms with Crippen molar-refractivity contribution in [2.24, 2.45) is 0 Å². The molecule has 0 fully saturated rings. The van der Waals surface area contributed by atoms with Crippen molar-refractivity contribution in [3.8, 4) is 17.1 Å². The summed E-state index contributed by atoms with van der Waals surface area (Å²) in [6, 6.07) is 22.3. The van der Waals surface area contributed by atoms with Crippen molar-refractivity contribution in [1.82, 2.24) is 14.8 Å². The van der Waals surface area contributed by atoms with Gasteiger partial charge in [0.05, 0.1) is 11.4 Å². The quantitative estimate of drug-likeness (QED) is 0.533. The number of para-hydroxylation sites is 1. The van der Waals surface area contributed by atoms with Gasteiger partial charge in [-0.3, -0.25) is 4.79 Å². The molecule has 138 valence electrons. The zero-order chi connectivity index (χ0) is 19.5. The molecule has 1 heterocycles. The van der Waals surface area contributed by atoms with Gasteiger partial charge in [0.15, 0.2) is 5.82 Å². The first-order valence-electron chi connectivity index (χ1n) is 8.46. The van der Waals surface area contributed by atoms with Gasteiger partial charge in [0.1, 0.15) is 5.82 Å². The van der Waals surface area contributed by atoms with E-state index in [1.165, 1.54) is 12.1 Å². The van der Waals surface area contributed by atoms with Crippen LogP contribution < -0.4 is 5.32 Å². The Labute approximate surface area is 165 Å². The Kier molecular flexibility index (Phi) is 4.87. The number of rotatable bonds is 4. The van der Waals surface area contributed by atoms with Crippen LogP contribution in [0.5, 0.6) is 0 Å². The molecule has 0 aliphatic rings. The molecule has 1 N–H and O–H groups in total. The zero-order valence-electron chi connectivity index (χ0n) is 14.5. The van der Waals surface area contributed by atoms with Gasteiger partial charge < -0.3 is 5.32 Å². The maximum absolute atomic E-state index is 13.8. The molecule has 0 saturated heterocycles. The number of benzene rings is 3. The van der Waals surface area contributed by atoms with Crippen LogP contribution in [0.2, 0.25) is 5.02 Å². The van der Waals surface area contributed by atoms with Gasteiger partial charge in [-0.1, -0.05) is 54.1 Å². The minimum atomic E-state index is -0.602. The lowest BCUT2D eigenvalue weighted by molar-refractivity contribution is 0.101. The second-order valence-electron chi connectivity index (χ2n) is 5.95. The van der Waals surface area contributed by atoms with Crippen molar-refractivity contribution >= 4 is 23.2 Å². The molecule has 0 unspecified atom stereocenters. The molecule has 0 radical (unpaired) electrons. The number of hydrogen-bond donors (Lipinski definition) is 1. The monoisotopic (exact) mass is 392 g/mol. The number of carbonyl (C=O) groups is 1. The van der Waals surface area contributed by atoms with Crippen LogP contribution in [0.25, 0.3) is 17.1 Å². The highest BCUT2D eigenvalue weighted by Gasteiger charge is 2.19. The van der Waals surface area contributed by atoms with E-state index in [4.69, 9.17) is 11.6 Å². The lowest BCUT2D eigenvalue weighted by Crippen LogP contribution is -2.15. The molecule has 5 nitrogen and oxygen atoms in total. The first kappa shape index (κ1) is 17.9. The molecule has 0 aliphatic heterocycles. The molecule has 28 heavy (non-hydrogen) atoms. The maximum atomic E-state index is 13.8. The molecule has 0 bridgehead atoms. The molecule has 1 amide bonds. The lowest BCUT2D eigenvalue weighted by Gasteiger charge is -2.05. The largest absolute Gasteiger partial charge is 0.317 e. The van der Waals surface area contributed by atoms with E-state index in [9.17, 15) is 9.18 Å². The minimum absolute atomic E-state index is 0.0663. The topological polar surface area (TPSA) is 59.8 Å². The van der Waals surface area contributed by atoms with Crippen LogP contribution in [0.15, 0.2) is 78.9 Å². The van der Waals surface area contributed by atoms with E-state index in [0.717, 1.165) is 5.56 Å². The molecule has 1 aromatic heterocycles. The van der Waals surface area contributed by atoms with E-state index >= 15 is 0 Å². The highest BCUT2D eigenvalue weighted by Crippen LogP contribution is 2.23. The summed E-state index contributed by atoms with van der Waals surface area (Å²) in [5.74, 6) is -0.718. The summed E-state index contributed by atoms with van der Waals surface area (Å²) in [5.41, 5.74) is 1.55. The van der Waals surface area contributed by atoms with Gasteiger partial charge in [0.2, 0.25) is 5.82 Å². The third-order valence-corrected chi connectivity index (χ3v) is 4.29. The fourth-order valence-corrected chi connectivity index (χ4v) is 2.81. The Morgan fingerprint density at radius 2 is 1.61 bits per heavy atom. The van der Waals surface area contributed by atoms with Gasteiger partial charge >= 0.3 is 0 Å². The van der Waals surface area contributed by atoms with Crippen molar-refractivity contribution in [1.29, 1.82) is 0 Å². The Morgan fingerprint density at radius 1 is 0.929 bits per heavy atom. The summed E-state index contributed by atoms with van der Waals surface area (Å²) in [7, 11) is 0. The highest BCUT2D eigenvalue weighted by molar-refractivity contribution is 6.30. The van der Waals surface area contributed by atoms with Crippen LogP contribution in [0.3, 0.4) is 0 Å². The number of hydrogen-bond acceptors (Lipinski definition) is 3. The number of aromatic nitrogens is 3. The van der Waals surface area contributed by atoms with E-state index in [1.807, 2.05) is 30.3 Å². The molecular formula is C21H14ClFN4O. The fourth-order valence-electron chi connectivity index (χ4n) is 2.69. The van der Waals surface area contributed by atoms with Gasteiger partial charge in [-0.2, -0.15) is 0 Å². The summed E-state index contributed by atoms with van der Waals surface area (Å²) >= 11 is 5.97. The normalized spacial score (nSPS) is 10.6. The molecule has 4 aromatic rings. The predicted molar refractivity (Wildman–Crippen MR) is 106 cm³/mol. The summed E-state index contributed by atoms with van der Waals surface area (Å²) in [5, 5.41) is 7.43. The average Bonchev–Trinajstić information content (AvgIpc) is 3.16. The molecule has 0 aliphatic carbocycles. The number of halogens is 2. The number of amides is 1. The van der Waals surface area contributed by atoms with Gasteiger partial charge in [0, 0.05) is 10.6 Å². The molecule has 4 rings (SSSR count). The van der Waals surface area contributed by atoms with E-state index in [2.05, 4.69) is 15.4 Å². The first-order valence-corrected chi connectivity index (χ1v) is 8.84. The number of nitrogens with one attached hydrogen (secondary N) is 1. The molecule has 7 heteroatoms. The maximum Gasteiger partial charge on any atom is 0.295 e. The Hall–Kier alpha value is -3.51. The smallest absolute Gasteiger partial charge is 0.295 e.